The molecule has 0 spiro atoms. The van der Waals surface area contributed by atoms with Crippen LogP contribution in [-0.4, -0.2) is 25.0 Å². The van der Waals surface area contributed by atoms with Gasteiger partial charge < -0.3 is 14.6 Å². The van der Waals surface area contributed by atoms with Gasteiger partial charge in [0.1, 0.15) is 5.75 Å². The van der Waals surface area contributed by atoms with E-state index >= 15 is 0 Å². The largest absolute Gasteiger partial charge is 0.481 e. The van der Waals surface area contributed by atoms with Crippen molar-refractivity contribution in [2.75, 3.05) is 13.9 Å². The quantitative estimate of drug-likeness (QED) is 0.753. The minimum absolute atomic E-state index is 0.188. The first-order valence-electron chi connectivity index (χ1n) is 4.59. The molecule has 0 aliphatic rings. The molecule has 0 radical (unpaired) electrons. The zero-order valence-electron chi connectivity index (χ0n) is 8.77. The SMILES string of the molecule is COCOc1ccc(C(C)C(=O)O)cc1. The standard InChI is InChI=1S/C11H14O4/c1-8(11(12)13)9-3-5-10(6-4-9)15-7-14-2/h3-6,8H,7H2,1-2H3,(H,12,13). The van der Waals surface area contributed by atoms with Crippen LogP contribution in [0.2, 0.25) is 0 Å². The molecular weight excluding hydrogens is 196 g/mol. The van der Waals surface area contributed by atoms with Gasteiger partial charge in [0, 0.05) is 7.11 Å². The van der Waals surface area contributed by atoms with Gasteiger partial charge in [0.2, 0.25) is 0 Å². The zero-order chi connectivity index (χ0) is 11.3. The molecule has 0 bridgehead atoms. The van der Waals surface area contributed by atoms with Crippen LogP contribution in [0.4, 0.5) is 0 Å². The molecule has 82 valence electrons. The van der Waals surface area contributed by atoms with Gasteiger partial charge in [-0.2, -0.15) is 0 Å². The van der Waals surface area contributed by atoms with Crippen LogP contribution in [0.15, 0.2) is 24.3 Å². The summed E-state index contributed by atoms with van der Waals surface area (Å²) in [4.78, 5) is 10.7. The van der Waals surface area contributed by atoms with E-state index in [1.54, 1.807) is 38.3 Å². The second kappa shape index (κ2) is 5.36. The maximum Gasteiger partial charge on any atom is 0.310 e. The van der Waals surface area contributed by atoms with E-state index in [1.165, 1.54) is 0 Å². The highest BCUT2D eigenvalue weighted by atomic mass is 16.7. The molecule has 0 heterocycles. The molecule has 4 nitrogen and oxygen atoms in total. The number of ether oxygens (including phenoxy) is 2. The monoisotopic (exact) mass is 210 g/mol. The van der Waals surface area contributed by atoms with Crippen molar-refractivity contribution in [3.05, 3.63) is 29.8 Å². The smallest absolute Gasteiger partial charge is 0.310 e. The number of rotatable bonds is 5. The second-order valence-corrected chi connectivity index (χ2v) is 3.18. The summed E-state index contributed by atoms with van der Waals surface area (Å²) in [6.07, 6.45) is 0. The maximum atomic E-state index is 10.7. The van der Waals surface area contributed by atoms with E-state index in [0.717, 1.165) is 5.56 Å². The third kappa shape index (κ3) is 3.25. The van der Waals surface area contributed by atoms with Gasteiger partial charge in [-0.05, 0) is 24.6 Å². The van der Waals surface area contributed by atoms with Gasteiger partial charge in [0.05, 0.1) is 5.92 Å². The summed E-state index contributed by atoms with van der Waals surface area (Å²) in [5.41, 5.74) is 0.757. The molecule has 0 aromatic heterocycles. The van der Waals surface area contributed by atoms with Crippen molar-refractivity contribution in [2.24, 2.45) is 0 Å². The van der Waals surface area contributed by atoms with Crippen LogP contribution in [0.3, 0.4) is 0 Å². The van der Waals surface area contributed by atoms with E-state index in [1.807, 2.05) is 0 Å². The molecule has 1 unspecified atom stereocenters. The highest BCUT2D eigenvalue weighted by molar-refractivity contribution is 5.75. The summed E-state index contributed by atoms with van der Waals surface area (Å²) in [6.45, 7) is 1.83. The molecule has 1 rings (SSSR count). The van der Waals surface area contributed by atoms with Crippen LogP contribution in [0.5, 0.6) is 5.75 Å². The first-order chi connectivity index (χ1) is 7.15. The summed E-state index contributed by atoms with van der Waals surface area (Å²) >= 11 is 0. The molecule has 1 aromatic carbocycles. The molecule has 0 aliphatic carbocycles. The highest BCUT2D eigenvalue weighted by Gasteiger charge is 2.12. The molecule has 0 saturated heterocycles. The van der Waals surface area contributed by atoms with Crippen molar-refractivity contribution in [3.8, 4) is 5.75 Å². The number of benzene rings is 1. The van der Waals surface area contributed by atoms with E-state index in [4.69, 9.17) is 14.6 Å². The Kier molecular flexibility index (Phi) is 4.12. The van der Waals surface area contributed by atoms with Crippen molar-refractivity contribution in [1.29, 1.82) is 0 Å². The fourth-order valence-corrected chi connectivity index (χ4v) is 1.12. The molecule has 0 saturated carbocycles. The summed E-state index contributed by atoms with van der Waals surface area (Å²) in [5.74, 6) is -0.666. The Hall–Kier alpha value is -1.55. The van der Waals surface area contributed by atoms with E-state index in [2.05, 4.69) is 0 Å². The lowest BCUT2D eigenvalue weighted by atomic mass is 10.0. The lowest BCUT2D eigenvalue weighted by Gasteiger charge is -2.08. The third-order valence-electron chi connectivity index (χ3n) is 2.09. The fourth-order valence-electron chi connectivity index (χ4n) is 1.12. The number of hydrogen-bond donors (Lipinski definition) is 1. The highest BCUT2D eigenvalue weighted by Crippen LogP contribution is 2.19. The Morgan fingerprint density at radius 3 is 2.47 bits per heavy atom. The Morgan fingerprint density at radius 2 is 2.00 bits per heavy atom. The average Bonchev–Trinajstić information content (AvgIpc) is 2.26. The van der Waals surface area contributed by atoms with Gasteiger partial charge in [0.15, 0.2) is 6.79 Å². The number of hydrogen-bond acceptors (Lipinski definition) is 3. The molecule has 0 amide bonds. The van der Waals surface area contributed by atoms with Gasteiger partial charge >= 0.3 is 5.97 Å². The molecule has 0 fully saturated rings. The van der Waals surface area contributed by atoms with Crippen molar-refractivity contribution in [3.63, 3.8) is 0 Å². The summed E-state index contributed by atoms with van der Waals surface area (Å²) in [5, 5.41) is 8.79. The van der Waals surface area contributed by atoms with Crippen LogP contribution in [-0.2, 0) is 9.53 Å². The Bertz CT molecular complexity index is 318. The van der Waals surface area contributed by atoms with Crippen LogP contribution < -0.4 is 4.74 Å². The minimum Gasteiger partial charge on any atom is -0.481 e. The lowest BCUT2D eigenvalue weighted by molar-refractivity contribution is -0.138. The first-order valence-corrected chi connectivity index (χ1v) is 4.59. The first kappa shape index (κ1) is 11.5. The number of carboxylic acids is 1. The van der Waals surface area contributed by atoms with Gasteiger partial charge in [-0.3, -0.25) is 4.79 Å². The predicted octanol–water partition coefficient (Wildman–Crippen LogP) is 1.86. The number of carboxylic acid groups (broad SMARTS) is 1. The molecule has 15 heavy (non-hydrogen) atoms. The van der Waals surface area contributed by atoms with E-state index in [0.29, 0.717) is 5.75 Å². The molecule has 1 atom stereocenters. The third-order valence-corrected chi connectivity index (χ3v) is 2.09. The van der Waals surface area contributed by atoms with Crippen molar-refractivity contribution in [2.45, 2.75) is 12.8 Å². The van der Waals surface area contributed by atoms with Crippen LogP contribution >= 0.6 is 0 Å². The van der Waals surface area contributed by atoms with Gasteiger partial charge in [-0.15, -0.1) is 0 Å². The Balaban J connectivity index is 2.67. The molecule has 4 heteroatoms. The van der Waals surface area contributed by atoms with Gasteiger partial charge in [0.25, 0.3) is 0 Å². The van der Waals surface area contributed by atoms with Gasteiger partial charge in [-0.1, -0.05) is 12.1 Å². The van der Waals surface area contributed by atoms with Crippen molar-refractivity contribution in [1.82, 2.24) is 0 Å². The van der Waals surface area contributed by atoms with Crippen molar-refractivity contribution < 1.29 is 19.4 Å². The topological polar surface area (TPSA) is 55.8 Å². The van der Waals surface area contributed by atoms with E-state index in [9.17, 15) is 4.79 Å². The van der Waals surface area contributed by atoms with Crippen LogP contribution in [0.25, 0.3) is 0 Å². The molecular formula is C11H14O4. The van der Waals surface area contributed by atoms with E-state index in [-0.39, 0.29) is 6.79 Å². The zero-order valence-corrected chi connectivity index (χ0v) is 8.77. The molecule has 1 aromatic rings. The molecule has 1 N–H and O–H groups in total. The van der Waals surface area contributed by atoms with E-state index < -0.39 is 11.9 Å². The maximum absolute atomic E-state index is 10.7. The normalized spacial score (nSPS) is 12.1. The summed E-state index contributed by atoms with van der Waals surface area (Å²) in [7, 11) is 1.54. The summed E-state index contributed by atoms with van der Waals surface area (Å²) < 4.78 is 9.93. The van der Waals surface area contributed by atoms with Gasteiger partial charge in [-0.25, -0.2) is 0 Å². The Labute approximate surface area is 88.4 Å². The second-order valence-electron chi connectivity index (χ2n) is 3.18. The van der Waals surface area contributed by atoms with Crippen LogP contribution in [0, 0.1) is 0 Å². The average molecular weight is 210 g/mol. The predicted molar refractivity (Wildman–Crippen MR) is 55.0 cm³/mol. The fraction of sp³-hybridized carbons (Fsp3) is 0.364. The van der Waals surface area contributed by atoms with Crippen LogP contribution in [0.1, 0.15) is 18.4 Å². The molecule has 0 aliphatic heterocycles. The summed E-state index contributed by atoms with van der Waals surface area (Å²) in [6, 6.07) is 6.94. The minimum atomic E-state index is -0.833. The number of carbonyl (C=O) groups is 1. The Morgan fingerprint density at radius 1 is 1.40 bits per heavy atom. The lowest BCUT2D eigenvalue weighted by Crippen LogP contribution is -2.07. The number of methoxy groups -OCH3 is 1. The van der Waals surface area contributed by atoms with Crippen molar-refractivity contribution >= 4 is 5.97 Å². The number of aliphatic carboxylic acids is 1.